The fourth-order valence-electron chi connectivity index (χ4n) is 1.63. The summed E-state index contributed by atoms with van der Waals surface area (Å²) in [5, 5.41) is 30.4. The molecule has 0 radical (unpaired) electrons. The normalized spacial score (nSPS) is 10.6. The zero-order chi connectivity index (χ0) is 14.9. The average Bonchev–Trinajstić information content (AvgIpc) is 2.40. The van der Waals surface area contributed by atoms with Gasteiger partial charge in [0.05, 0.1) is 5.69 Å². The smallest absolute Gasteiger partial charge is 0.200 e. The average molecular weight is 285 g/mol. The highest BCUT2D eigenvalue weighted by molar-refractivity contribution is 5.54. The molecule has 4 nitrogen and oxygen atoms in total. The number of hydrogen-bond acceptors (Lipinski definition) is 4. The van der Waals surface area contributed by atoms with Crippen molar-refractivity contribution in [2.24, 2.45) is 0 Å². The third kappa shape index (κ3) is 2.56. The lowest BCUT2D eigenvalue weighted by atomic mass is 10.1. The van der Waals surface area contributed by atoms with E-state index in [-0.39, 0.29) is 12.1 Å². The molecule has 0 unspecified atom stereocenters. The van der Waals surface area contributed by atoms with Crippen LogP contribution in [-0.4, -0.2) is 15.3 Å². The third-order valence-electron chi connectivity index (χ3n) is 2.68. The molecule has 0 spiro atoms. The van der Waals surface area contributed by atoms with Crippen molar-refractivity contribution >= 4 is 5.69 Å². The predicted octanol–water partition coefficient (Wildman–Crippen LogP) is 2.83. The molecule has 0 atom stereocenters. The van der Waals surface area contributed by atoms with Gasteiger partial charge in [0.15, 0.2) is 23.1 Å². The fourth-order valence-corrected chi connectivity index (χ4v) is 1.63. The van der Waals surface area contributed by atoms with Crippen LogP contribution < -0.4 is 5.32 Å². The molecule has 0 saturated heterocycles. The van der Waals surface area contributed by atoms with E-state index in [1.165, 1.54) is 6.07 Å². The van der Waals surface area contributed by atoms with Crippen LogP contribution in [0.4, 0.5) is 18.9 Å². The van der Waals surface area contributed by atoms with E-state index in [0.29, 0.717) is 6.07 Å². The van der Waals surface area contributed by atoms with E-state index >= 15 is 0 Å². The van der Waals surface area contributed by atoms with E-state index in [1.54, 1.807) is 0 Å². The maximum absolute atomic E-state index is 13.4. The number of nitrogens with one attached hydrogen (secondary N) is 1. The van der Waals surface area contributed by atoms with Crippen LogP contribution >= 0.6 is 0 Å². The summed E-state index contributed by atoms with van der Waals surface area (Å²) in [5.41, 5.74) is -0.307. The summed E-state index contributed by atoms with van der Waals surface area (Å²) in [6, 6.07) is 3.56. The second-order valence-corrected chi connectivity index (χ2v) is 4.04. The lowest BCUT2D eigenvalue weighted by molar-refractivity contribution is 0.365. The van der Waals surface area contributed by atoms with Crippen LogP contribution in [0.25, 0.3) is 0 Å². The van der Waals surface area contributed by atoms with E-state index < -0.39 is 40.4 Å². The monoisotopic (exact) mass is 285 g/mol. The van der Waals surface area contributed by atoms with Crippen LogP contribution in [0.15, 0.2) is 24.3 Å². The molecule has 2 rings (SSSR count). The van der Waals surface area contributed by atoms with E-state index in [2.05, 4.69) is 5.32 Å². The molecule has 7 heteroatoms. The minimum absolute atomic E-state index is 0.115. The molecule has 2 aromatic carbocycles. The summed E-state index contributed by atoms with van der Waals surface area (Å²) in [7, 11) is 0. The Hall–Kier alpha value is -2.57. The zero-order valence-electron chi connectivity index (χ0n) is 9.99. The zero-order valence-corrected chi connectivity index (χ0v) is 9.99. The van der Waals surface area contributed by atoms with Crippen LogP contribution in [0, 0.1) is 17.5 Å². The van der Waals surface area contributed by atoms with Gasteiger partial charge in [0.25, 0.3) is 0 Å². The van der Waals surface area contributed by atoms with Crippen molar-refractivity contribution in [1.82, 2.24) is 0 Å². The number of benzene rings is 2. The molecule has 20 heavy (non-hydrogen) atoms. The molecule has 0 aliphatic rings. The number of halogens is 3. The Morgan fingerprint density at radius 1 is 0.950 bits per heavy atom. The van der Waals surface area contributed by atoms with Crippen molar-refractivity contribution in [3.05, 3.63) is 47.3 Å². The van der Waals surface area contributed by atoms with E-state index in [9.17, 15) is 23.4 Å². The lowest BCUT2D eigenvalue weighted by Crippen LogP contribution is -2.04. The summed E-state index contributed by atoms with van der Waals surface area (Å²) in [4.78, 5) is 0. The summed E-state index contributed by atoms with van der Waals surface area (Å²) in [5.74, 6) is -5.40. The van der Waals surface area contributed by atoms with Gasteiger partial charge in [-0.15, -0.1) is 0 Å². The lowest BCUT2D eigenvalue weighted by Gasteiger charge is -2.11. The summed E-state index contributed by atoms with van der Waals surface area (Å²) in [6.45, 7) is -0.209. The van der Waals surface area contributed by atoms with Gasteiger partial charge in [-0.1, -0.05) is 0 Å². The number of rotatable bonds is 3. The van der Waals surface area contributed by atoms with Gasteiger partial charge in [-0.25, -0.2) is 13.2 Å². The van der Waals surface area contributed by atoms with Gasteiger partial charge in [0, 0.05) is 24.2 Å². The Balaban J connectivity index is 2.24. The summed E-state index contributed by atoms with van der Waals surface area (Å²) >= 11 is 0. The largest absolute Gasteiger partial charge is 0.504 e. The SMILES string of the molecule is Oc1ccc(CNc2cc(F)cc(F)c2F)c(O)c1O. The Bertz CT molecular complexity index is 662. The Morgan fingerprint density at radius 3 is 2.35 bits per heavy atom. The Labute approximate surface area is 111 Å². The van der Waals surface area contributed by atoms with Crippen molar-refractivity contribution < 1.29 is 28.5 Å². The first-order valence-electron chi connectivity index (χ1n) is 5.51. The van der Waals surface area contributed by atoms with Crippen molar-refractivity contribution in [2.75, 3.05) is 5.32 Å². The highest BCUT2D eigenvalue weighted by Gasteiger charge is 2.14. The van der Waals surface area contributed by atoms with Gasteiger partial charge in [-0.3, -0.25) is 0 Å². The minimum Gasteiger partial charge on any atom is -0.504 e. The van der Waals surface area contributed by atoms with Crippen LogP contribution in [0.2, 0.25) is 0 Å². The maximum atomic E-state index is 13.4. The maximum Gasteiger partial charge on any atom is 0.200 e. The number of phenols is 3. The first-order valence-corrected chi connectivity index (χ1v) is 5.51. The summed E-state index contributed by atoms with van der Waals surface area (Å²) in [6.07, 6.45) is 0. The fraction of sp³-hybridized carbons (Fsp3) is 0.0769. The van der Waals surface area contributed by atoms with Crippen LogP contribution in [0.3, 0.4) is 0 Å². The second-order valence-electron chi connectivity index (χ2n) is 4.04. The molecule has 2 aromatic rings. The van der Waals surface area contributed by atoms with Gasteiger partial charge in [0.1, 0.15) is 5.82 Å². The second kappa shape index (κ2) is 5.20. The molecule has 0 aromatic heterocycles. The van der Waals surface area contributed by atoms with Gasteiger partial charge < -0.3 is 20.6 Å². The van der Waals surface area contributed by atoms with E-state index in [4.69, 9.17) is 5.11 Å². The van der Waals surface area contributed by atoms with Gasteiger partial charge >= 0.3 is 0 Å². The molecule has 0 fully saturated rings. The molecule has 4 N–H and O–H groups in total. The highest BCUT2D eigenvalue weighted by Crippen LogP contribution is 2.37. The first-order chi connectivity index (χ1) is 9.40. The molecular formula is C13H10F3NO3. The van der Waals surface area contributed by atoms with Crippen molar-refractivity contribution in [3.63, 3.8) is 0 Å². The van der Waals surface area contributed by atoms with Gasteiger partial charge in [-0.2, -0.15) is 0 Å². The van der Waals surface area contributed by atoms with Gasteiger partial charge in [-0.05, 0) is 12.1 Å². The number of anilines is 1. The Kier molecular flexibility index (Phi) is 3.60. The van der Waals surface area contributed by atoms with E-state index in [0.717, 1.165) is 12.1 Å². The third-order valence-corrected chi connectivity index (χ3v) is 2.68. The predicted molar refractivity (Wildman–Crippen MR) is 65.1 cm³/mol. The molecule has 0 heterocycles. The summed E-state index contributed by atoms with van der Waals surface area (Å²) < 4.78 is 39.3. The highest BCUT2D eigenvalue weighted by atomic mass is 19.2. The standard InChI is InChI=1S/C13H10F3NO3/c14-7-3-8(15)11(16)9(4-7)17-5-6-1-2-10(18)13(20)12(6)19/h1-4,17-20H,5H2. The van der Waals surface area contributed by atoms with Crippen molar-refractivity contribution in [3.8, 4) is 17.2 Å². The molecular weight excluding hydrogens is 275 g/mol. The number of phenolic OH excluding ortho intramolecular Hbond substituents is 3. The van der Waals surface area contributed by atoms with Gasteiger partial charge in [0.2, 0.25) is 5.75 Å². The van der Waals surface area contributed by atoms with Crippen molar-refractivity contribution in [1.29, 1.82) is 0 Å². The molecule has 0 aliphatic heterocycles. The van der Waals surface area contributed by atoms with Crippen LogP contribution in [-0.2, 0) is 6.54 Å². The minimum atomic E-state index is -1.34. The molecule has 0 amide bonds. The van der Waals surface area contributed by atoms with Crippen molar-refractivity contribution in [2.45, 2.75) is 6.54 Å². The molecule has 0 saturated carbocycles. The van der Waals surface area contributed by atoms with Crippen LogP contribution in [0.5, 0.6) is 17.2 Å². The quantitative estimate of drug-likeness (QED) is 0.517. The Morgan fingerprint density at radius 2 is 1.65 bits per heavy atom. The topological polar surface area (TPSA) is 72.7 Å². The molecule has 106 valence electrons. The molecule has 0 aliphatic carbocycles. The molecule has 0 bridgehead atoms. The van der Waals surface area contributed by atoms with Crippen LogP contribution in [0.1, 0.15) is 5.56 Å². The van der Waals surface area contributed by atoms with E-state index in [1.807, 2.05) is 0 Å². The number of aromatic hydroxyl groups is 3. The first kappa shape index (κ1) is 13.9. The number of hydrogen-bond donors (Lipinski definition) is 4.